The first-order valence-electron chi connectivity index (χ1n) is 4.02. The molecular formula is C10H7BrO2S. The van der Waals surface area contributed by atoms with Gasteiger partial charge in [0.2, 0.25) is 0 Å². The van der Waals surface area contributed by atoms with Gasteiger partial charge in [-0.1, -0.05) is 12.1 Å². The van der Waals surface area contributed by atoms with Gasteiger partial charge in [-0.05, 0) is 28.9 Å². The molecule has 2 aromatic rings. The molecular weight excluding hydrogens is 264 g/mol. The maximum Gasteiger partial charge on any atom is 0.337 e. The molecule has 4 heteroatoms. The molecule has 0 spiro atoms. The van der Waals surface area contributed by atoms with Gasteiger partial charge in [0, 0.05) is 14.7 Å². The molecule has 0 saturated heterocycles. The largest absolute Gasteiger partial charge is 0.478 e. The van der Waals surface area contributed by atoms with E-state index in [4.69, 9.17) is 5.11 Å². The smallest absolute Gasteiger partial charge is 0.337 e. The van der Waals surface area contributed by atoms with Gasteiger partial charge < -0.3 is 5.11 Å². The Morgan fingerprint density at radius 2 is 2.21 bits per heavy atom. The van der Waals surface area contributed by atoms with Crippen LogP contribution in [0.25, 0.3) is 10.1 Å². The first-order chi connectivity index (χ1) is 6.61. The van der Waals surface area contributed by atoms with Crippen LogP contribution in [0.3, 0.4) is 0 Å². The van der Waals surface area contributed by atoms with E-state index in [-0.39, 0.29) is 0 Å². The third-order valence-corrected chi connectivity index (χ3v) is 4.48. The maximum absolute atomic E-state index is 10.9. The van der Waals surface area contributed by atoms with Crippen LogP contribution in [0.1, 0.15) is 15.2 Å². The Labute approximate surface area is 93.3 Å². The summed E-state index contributed by atoms with van der Waals surface area (Å²) in [6.07, 6.45) is 0. The van der Waals surface area contributed by atoms with E-state index in [1.54, 1.807) is 12.1 Å². The van der Waals surface area contributed by atoms with Crippen molar-refractivity contribution in [2.45, 2.75) is 6.92 Å². The van der Waals surface area contributed by atoms with Crippen molar-refractivity contribution in [3.8, 4) is 0 Å². The normalized spacial score (nSPS) is 10.7. The van der Waals surface area contributed by atoms with E-state index in [0.29, 0.717) is 5.56 Å². The lowest BCUT2D eigenvalue weighted by Crippen LogP contribution is -1.94. The van der Waals surface area contributed by atoms with E-state index >= 15 is 0 Å². The third-order valence-electron chi connectivity index (χ3n) is 2.05. The highest BCUT2D eigenvalue weighted by molar-refractivity contribution is 9.10. The fourth-order valence-corrected chi connectivity index (χ4v) is 3.13. The molecule has 0 aliphatic rings. The Balaban J connectivity index is 2.88. The molecule has 0 saturated carbocycles. The number of benzene rings is 1. The van der Waals surface area contributed by atoms with E-state index in [2.05, 4.69) is 15.9 Å². The summed E-state index contributed by atoms with van der Waals surface area (Å²) in [5.41, 5.74) is 0.376. The van der Waals surface area contributed by atoms with Crippen molar-refractivity contribution in [3.63, 3.8) is 0 Å². The van der Waals surface area contributed by atoms with Crippen LogP contribution in [-0.4, -0.2) is 11.1 Å². The third kappa shape index (κ3) is 1.35. The molecule has 0 aliphatic carbocycles. The fraction of sp³-hybridized carbons (Fsp3) is 0.100. The van der Waals surface area contributed by atoms with Gasteiger partial charge in [0.05, 0.1) is 10.3 Å². The van der Waals surface area contributed by atoms with E-state index < -0.39 is 5.97 Å². The Bertz CT molecular complexity index is 516. The highest BCUT2D eigenvalue weighted by Crippen LogP contribution is 2.36. The molecule has 0 aliphatic heterocycles. The summed E-state index contributed by atoms with van der Waals surface area (Å²) in [6.45, 7) is 1.97. The number of fused-ring (bicyclic) bond motifs is 1. The SMILES string of the molecule is Cc1sc2c(C(=O)O)cccc2c1Br. The van der Waals surface area contributed by atoms with Gasteiger partial charge in [-0.15, -0.1) is 11.3 Å². The van der Waals surface area contributed by atoms with Gasteiger partial charge in [-0.25, -0.2) is 4.79 Å². The van der Waals surface area contributed by atoms with Crippen molar-refractivity contribution in [2.24, 2.45) is 0 Å². The van der Waals surface area contributed by atoms with Crippen molar-refractivity contribution in [2.75, 3.05) is 0 Å². The van der Waals surface area contributed by atoms with Crippen LogP contribution in [0.15, 0.2) is 22.7 Å². The molecule has 0 radical (unpaired) electrons. The standard InChI is InChI=1S/C10H7BrO2S/c1-5-8(11)6-3-2-4-7(10(12)13)9(6)14-5/h2-4H,1H3,(H,12,13). The van der Waals surface area contributed by atoms with Crippen molar-refractivity contribution in [1.29, 1.82) is 0 Å². The highest BCUT2D eigenvalue weighted by Gasteiger charge is 2.13. The summed E-state index contributed by atoms with van der Waals surface area (Å²) in [7, 11) is 0. The zero-order chi connectivity index (χ0) is 10.3. The number of aryl methyl sites for hydroxylation is 1. The summed E-state index contributed by atoms with van der Waals surface area (Å²) in [4.78, 5) is 12.0. The van der Waals surface area contributed by atoms with E-state index in [0.717, 1.165) is 19.4 Å². The average Bonchev–Trinajstić information content (AvgIpc) is 2.43. The molecule has 1 N–H and O–H groups in total. The van der Waals surface area contributed by atoms with Crippen LogP contribution in [0.5, 0.6) is 0 Å². The van der Waals surface area contributed by atoms with Crippen molar-refractivity contribution in [1.82, 2.24) is 0 Å². The van der Waals surface area contributed by atoms with Crippen molar-refractivity contribution in [3.05, 3.63) is 33.1 Å². The number of aromatic carboxylic acids is 1. The summed E-state index contributed by atoms with van der Waals surface area (Å²) >= 11 is 4.96. The van der Waals surface area contributed by atoms with Crippen LogP contribution >= 0.6 is 27.3 Å². The molecule has 0 unspecified atom stereocenters. The maximum atomic E-state index is 10.9. The second-order valence-electron chi connectivity index (χ2n) is 2.96. The first kappa shape index (κ1) is 9.68. The second-order valence-corrected chi connectivity index (χ2v) is 4.98. The predicted octanol–water partition coefficient (Wildman–Crippen LogP) is 3.67. The quantitative estimate of drug-likeness (QED) is 0.859. The zero-order valence-corrected chi connectivity index (χ0v) is 9.78. The Hall–Kier alpha value is -0.870. The number of carbonyl (C=O) groups is 1. The summed E-state index contributed by atoms with van der Waals surface area (Å²) in [5.74, 6) is -0.871. The minimum atomic E-state index is -0.871. The van der Waals surface area contributed by atoms with E-state index in [1.807, 2.05) is 13.0 Å². The molecule has 0 fully saturated rings. The molecule has 14 heavy (non-hydrogen) atoms. The van der Waals surface area contributed by atoms with Crippen molar-refractivity contribution >= 4 is 43.3 Å². The number of halogens is 1. The van der Waals surface area contributed by atoms with Gasteiger partial charge in [0.25, 0.3) is 0 Å². The van der Waals surface area contributed by atoms with Crippen LogP contribution in [-0.2, 0) is 0 Å². The van der Waals surface area contributed by atoms with E-state index in [9.17, 15) is 4.79 Å². The highest BCUT2D eigenvalue weighted by atomic mass is 79.9. The van der Waals surface area contributed by atoms with Gasteiger partial charge in [0.1, 0.15) is 0 Å². The number of thiophene rings is 1. The second kappa shape index (κ2) is 3.37. The molecule has 1 heterocycles. The average molecular weight is 271 g/mol. The molecule has 1 aromatic heterocycles. The minimum absolute atomic E-state index is 0.376. The number of hydrogen-bond donors (Lipinski definition) is 1. The fourth-order valence-electron chi connectivity index (χ4n) is 1.38. The number of carboxylic acids is 1. The van der Waals surface area contributed by atoms with Gasteiger partial charge in [-0.3, -0.25) is 0 Å². The topological polar surface area (TPSA) is 37.3 Å². The molecule has 2 rings (SSSR count). The van der Waals surface area contributed by atoms with Crippen LogP contribution < -0.4 is 0 Å². The Morgan fingerprint density at radius 1 is 1.50 bits per heavy atom. The summed E-state index contributed by atoms with van der Waals surface area (Å²) in [5, 5.41) is 9.95. The first-order valence-corrected chi connectivity index (χ1v) is 5.63. The van der Waals surface area contributed by atoms with Crippen LogP contribution in [0.2, 0.25) is 0 Å². The van der Waals surface area contributed by atoms with Gasteiger partial charge in [0.15, 0.2) is 0 Å². The molecule has 0 bridgehead atoms. The molecule has 2 nitrogen and oxygen atoms in total. The Kier molecular flexibility index (Phi) is 2.33. The lowest BCUT2D eigenvalue weighted by atomic mass is 10.1. The lowest BCUT2D eigenvalue weighted by Gasteiger charge is -1.95. The zero-order valence-electron chi connectivity index (χ0n) is 7.37. The van der Waals surface area contributed by atoms with E-state index in [1.165, 1.54) is 11.3 Å². The monoisotopic (exact) mass is 270 g/mol. The number of carboxylic acid groups (broad SMARTS) is 1. The number of rotatable bonds is 1. The predicted molar refractivity (Wildman–Crippen MR) is 61.2 cm³/mol. The lowest BCUT2D eigenvalue weighted by molar-refractivity contribution is 0.0699. The molecule has 0 atom stereocenters. The van der Waals surface area contributed by atoms with Crippen molar-refractivity contribution < 1.29 is 9.90 Å². The summed E-state index contributed by atoms with van der Waals surface area (Å²) in [6, 6.07) is 5.32. The van der Waals surface area contributed by atoms with Gasteiger partial charge >= 0.3 is 5.97 Å². The molecule has 72 valence electrons. The van der Waals surface area contributed by atoms with Crippen LogP contribution in [0.4, 0.5) is 0 Å². The van der Waals surface area contributed by atoms with Crippen LogP contribution in [0, 0.1) is 6.92 Å². The molecule has 0 amide bonds. The number of hydrogen-bond acceptors (Lipinski definition) is 2. The Morgan fingerprint density at radius 3 is 2.86 bits per heavy atom. The van der Waals surface area contributed by atoms with Gasteiger partial charge in [-0.2, -0.15) is 0 Å². The minimum Gasteiger partial charge on any atom is -0.478 e. The molecule has 1 aromatic carbocycles. The summed E-state index contributed by atoms with van der Waals surface area (Å²) < 4.78 is 1.84.